The van der Waals surface area contributed by atoms with Crippen LogP contribution in [0.1, 0.15) is 41.0 Å². The third kappa shape index (κ3) is 4.07. The zero-order chi connectivity index (χ0) is 23.9. The number of non-ortho nitro benzene ring substituents is 1. The van der Waals surface area contributed by atoms with Gasteiger partial charge in [-0.05, 0) is 25.3 Å². The van der Waals surface area contributed by atoms with Crippen molar-refractivity contribution in [2.75, 3.05) is 26.8 Å². The summed E-state index contributed by atoms with van der Waals surface area (Å²) in [5, 5.41) is 13.6. The highest BCUT2D eigenvalue weighted by Crippen LogP contribution is 2.57. The molecule has 1 fully saturated rings. The van der Waals surface area contributed by atoms with E-state index in [2.05, 4.69) is 0 Å². The summed E-state index contributed by atoms with van der Waals surface area (Å²) in [4.78, 5) is 44.0. The molecule has 33 heavy (non-hydrogen) atoms. The third-order valence-electron chi connectivity index (χ3n) is 5.70. The van der Waals surface area contributed by atoms with Gasteiger partial charge in [0.1, 0.15) is 5.78 Å². The number of nitrogens with zero attached hydrogens (tertiary/aromatic N) is 3. The number of hydrogen-bond donors (Lipinski definition) is 0. The second kappa shape index (κ2) is 8.92. The second-order valence-corrected chi connectivity index (χ2v) is 9.93. The van der Waals surface area contributed by atoms with Gasteiger partial charge in [0.2, 0.25) is 0 Å². The van der Waals surface area contributed by atoms with Crippen molar-refractivity contribution in [2.45, 2.75) is 32.2 Å². The van der Waals surface area contributed by atoms with Gasteiger partial charge in [-0.3, -0.25) is 34.0 Å². The first-order valence-electron chi connectivity index (χ1n) is 10.6. The molecule has 2 amide bonds. The van der Waals surface area contributed by atoms with E-state index in [1.54, 1.807) is 39.1 Å². The van der Waals surface area contributed by atoms with Gasteiger partial charge in [-0.1, -0.05) is 12.1 Å². The Morgan fingerprint density at radius 2 is 1.82 bits per heavy atom. The average molecular weight is 477 g/mol. The first-order valence-corrected chi connectivity index (χ1v) is 12.2. The molecule has 2 aliphatic heterocycles. The van der Waals surface area contributed by atoms with Crippen molar-refractivity contribution in [1.82, 2.24) is 9.96 Å². The summed E-state index contributed by atoms with van der Waals surface area (Å²) < 4.78 is 24.1. The van der Waals surface area contributed by atoms with E-state index in [-0.39, 0.29) is 43.0 Å². The summed E-state index contributed by atoms with van der Waals surface area (Å²) in [6.07, 6.45) is -0.446. The molecule has 0 radical (unpaired) electrons. The van der Waals surface area contributed by atoms with E-state index in [0.717, 1.165) is 4.90 Å². The van der Waals surface area contributed by atoms with Crippen molar-refractivity contribution in [3.05, 3.63) is 51.6 Å². The number of carbonyl (C=O) groups excluding carboxylic acids is 2. The van der Waals surface area contributed by atoms with Crippen LogP contribution in [0.5, 0.6) is 0 Å². The molecule has 2 aromatic rings. The van der Waals surface area contributed by atoms with Gasteiger partial charge in [-0.15, -0.1) is 0 Å². The lowest BCUT2D eigenvalue weighted by molar-refractivity contribution is -0.384. The van der Waals surface area contributed by atoms with Gasteiger partial charge in [0.05, 0.1) is 36.3 Å². The van der Waals surface area contributed by atoms with Crippen molar-refractivity contribution in [1.29, 1.82) is 0 Å². The van der Waals surface area contributed by atoms with Crippen LogP contribution in [0.3, 0.4) is 0 Å². The number of rotatable bonds is 8. The number of hydrogen-bond acceptors (Lipinski definition) is 9. The molecule has 0 aliphatic carbocycles. The largest absolute Gasteiger partial charge is 0.350 e. The van der Waals surface area contributed by atoms with Gasteiger partial charge in [0, 0.05) is 36.6 Å². The number of imide groups is 1. The molecule has 0 aromatic heterocycles. The topological polar surface area (TPSA) is 129 Å². The molecule has 2 heterocycles. The fourth-order valence-corrected chi connectivity index (χ4v) is 6.44. The zero-order valence-corrected chi connectivity index (χ0v) is 19.3. The molecule has 0 bridgehead atoms. The third-order valence-corrected chi connectivity index (χ3v) is 8.20. The lowest BCUT2D eigenvalue weighted by Crippen LogP contribution is -2.44. The van der Waals surface area contributed by atoms with Crippen LogP contribution in [0.25, 0.3) is 10.8 Å². The Morgan fingerprint density at radius 1 is 1.15 bits per heavy atom. The van der Waals surface area contributed by atoms with Gasteiger partial charge >= 0.3 is 7.60 Å². The molecule has 2 atom stereocenters. The molecule has 4 rings (SSSR count). The maximum Gasteiger partial charge on any atom is 0.350 e. The van der Waals surface area contributed by atoms with E-state index in [1.807, 2.05) is 0 Å². The minimum absolute atomic E-state index is 0.0894. The van der Waals surface area contributed by atoms with Crippen LogP contribution in [0.4, 0.5) is 5.69 Å². The highest BCUT2D eigenvalue weighted by atomic mass is 31.2. The summed E-state index contributed by atoms with van der Waals surface area (Å²) in [6, 6.07) is 7.37. The van der Waals surface area contributed by atoms with Gasteiger partial charge in [0.15, 0.2) is 0 Å². The summed E-state index contributed by atoms with van der Waals surface area (Å²) in [7, 11) is -1.92. The first kappa shape index (κ1) is 23.5. The normalized spacial score (nSPS) is 21.2. The molecule has 0 unspecified atom stereocenters. The fraction of sp³-hybridized carbons (Fsp3) is 0.429. The highest BCUT2D eigenvalue weighted by Gasteiger charge is 2.47. The molecule has 2 aliphatic rings. The monoisotopic (exact) mass is 477 g/mol. The van der Waals surface area contributed by atoms with Crippen molar-refractivity contribution in [2.24, 2.45) is 0 Å². The minimum atomic E-state index is -3.51. The van der Waals surface area contributed by atoms with Crippen LogP contribution in [-0.2, 0) is 18.5 Å². The molecule has 11 nitrogen and oxygen atoms in total. The molecule has 176 valence electrons. The van der Waals surface area contributed by atoms with Gasteiger partial charge in [-0.2, -0.15) is 5.06 Å². The number of benzene rings is 2. The van der Waals surface area contributed by atoms with Crippen LogP contribution in [-0.4, -0.2) is 65.4 Å². The van der Waals surface area contributed by atoms with Gasteiger partial charge in [-0.25, -0.2) is 0 Å². The van der Waals surface area contributed by atoms with Crippen molar-refractivity contribution in [3.63, 3.8) is 0 Å². The summed E-state index contributed by atoms with van der Waals surface area (Å²) >= 11 is 0. The summed E-state index contributed by atoms with van der Waals surface area (Å²) in [5.74, 6) is -1.85. The van der Waals surface area contributed by atoms with Crippen molar-refractivity contribution >= 4 is 35.9 Å². The SMILES string of the molecule is CCOP(=O)(OCC)[C@@H]1C[C@H](CN2C(=O)c3cccc4cc([N+](=O)[O-])cc(c34)C2=O)ON1C. The molecule has 1 saturated heterocycles. The Morgan fingerprint density at radius 3 is 2.45 bits per heavy atom. The molecule has 0 saturated carbocycles. The zero-order valence-electron chi connectivity index (χ0n) is 18.4. The van der Waals surface area contributed by atoms with Crippen LogP contribution in [0, 0.1) is 10.1 Å². The molecular formula is C21H24N3O8P. The van der Waals surface area contributed by atoms with Crippen LogP contribution >= 0.6 is 7.60 Å². The highest BCUT2D eigenvalue weighted by molar-refractivity contribution is 7.54. The van der Waals surface area contributed by atoms with Crippen LogP contribution in [0.15, 0.2) is 30.3 Å². The van der Waals surface area contributed by atoms with E-state index < -0.39 is 36.2 Å². The lowest BCUT2D eigenvalue weighted by atomic mass is 9.93. The van der Waals surface area contributed by atoms with E-state index in [1.165, 1.54) is 17.2 Å². The van der Waals surface area contributed by atoms with Crippen molar-refractivity contribution in [3.8, 4) is 0 Å². The number of nitro benzene ring substituents is 1. The number of amides is 2. The molecule has 0 spiro atoms. The van der Waals surface area contributed by atoms with Gasteiger partial charge < -0.3 is 9.05 Å². The van der Waals surface area contributed by atoms with Crippen LogP contribution < -0.4 is 0 Å². The van der Waals surface area contributed by atoms with E-state index >= 15 is 0 Å². The average Bonchev–Trinajstić information content (AvgIpc) is 3.15. The number of nitro groups is 1. The second-order valence-electron chi connectivity index (χ2n) is 7.74. The lowest BCUT2D eigenvalue weighted by Gasteiger charge is -2.28. The van der Waals surface area contributed by atoms with Gasteiger partial charge in [0.25, 0.3) is 17.5 Å². The fourth-order valence-electron chi connectivity index (χ4n) is 4.35. The maximum absolute atomic E-state index is 13.3. The molecular weight excluding hydrogens is 453 g/mol. The standard InChI is InChI=1S/C21H24N3O8P/c1-4-30-33(29,31-5-2)18-11-15(32-22(18)3)12-23-20(25)16-8-6-7-13-9-14(24(27)28)10-17(19(13)16)21(23)26/h6-10,15,18H,4-5,11-12H2,1-3H3/t15-,18-/m1/s1. The Labute approximate surface area is 189 Å². The Bertz CT molecular complexity index is 1180. The smallest absolute Gasteiger partial charge is 0.308 e. The number of hydroxylamine groups is 2. The molecule has 12 heteroatoms. The Balaban J connectivity index is 1.63. The predicted octanol–water partition coefficient (Wildman–Crippen LogP) is 3.57. The quantitative estimate of drug-likeness (QED) is 0.242. The Hall–Kier alpha value is -2.69. The summed E-state index contributed by atoms with van der Waals surface area (Å²) in [6.45, 7) is 3.68. The number of carbonyl (C=O) groups is 2. The van der Waals surface area contributed by atoms with Crippen LogP contribution in [0.2, 0.25) is 0 Å². The van der Waals surface area contributed by atoms with E-state index in [4.69, 9.17) is 13.9 Å². The molecule has 2 aromatic carbocycles. The van der Waals surface area contributed by atoms with Crippen molar-refractivity contribution < 1.29 is 33.0 Å². The first-order chi connectivity index (χ1) is 15.7. The molecule has 0 N–H and O–H groups in total. The Kier molecular flexibility index (Phi) is 6.35. The van der Waals surface area contributed by atoms with E-state index in [9.17, 15) is 24.3 Å². The minimum Gasteiger partial charge on any atom is -0.308 e. The summed E-state index contributed by atoms with van der Waals surface area (Å²) in [5.41, 5.74) is 0.143. The maximum atomic E-state index is 13.3. The predicted molar refractivity (Wildman–Crippen MR) is 118 cm³/mol. The van der Waals surface area contributed by atoms with E-state index in [0.29, 0.717) is 10.8 Å².